The Morgan fingerprint density at radius 2 is 1.77 bits per heavy atom. The monoisotopic (exact) mass is 511 g/mol. The average Bonchev–Trinajstić information content (AvgIpc) is 2.98. The molecule has 0 radical (unpaired) electrons. The van der Waals surface area contributed by atoms with Crippen molar-refractivity contribution in [3.8, 4) is 11.1 Å². The number of amides is 1. The standard InChI is InChI=1S/C28H31Cl2N3O2/c1-17-9-10-19(16-22(17)29)21-15-20-12-11-18-7-5-6-8-23(18)33-25(20)24(30)26(21)31-13-14-32-27(34)35-28(2,3)4/h5-10,15-16,31,33H,11-14H2,1-4H3,(H,32,34). The number of aryl methyl sites for hydroxylation is 3. The minimum absolute atomic E-state index is 0.382. The van der Waals surface area contributed by atoms with Crippen molar-refractivity contribution in [2.24, 2.45) is 0 Å². The number of halogens is 2. The minimum atomic E-state index is -0.544. The molecule has 4 rings (SSSR count). The number of carbonyl (C=O) groups excluding carboxylic acids is 1. The molecule has 5 nitrogen and oxygen atoms in total. The van der Waals surface area contributed by atoms with E-state index in [1.54, 1.807) is 0 Å². The lowest BCUT2D eigenvalue weighted by molar-refractivity contribution is 0.0530. The Balaban J connectivity index is 1.66. The molecule has 3 N–H and O–H groups in total. The van der Waals surface area contributed by atoms with Crippen molar-refractivity contribution < 1.29 is 9.53 Å². The highest BCUT2D eigenvalue weighted by Gasteiger charge is 2.22. The number of carbonyl (C=O) groups is 1. The molecule has 0 unspecified atom stereocenters. The summed E-state index contributed by atoms with van der Waals surface area (Å²) in [7, 11) is 0. The molecular weight excluding hydrogens is 481 g/mol. The minimum Gasteiger partial charge on any atom is -0.444 e. The number of para-hydroxylation sites is 1. The van der Waals surface area contributed by atoms with E-state index in [4.69, 9.17) is 27.9 Å². The Morgan fingerprint density at radius 3 is 2.51 bits per heavy atom. The zero-order chi connectivity index (χ0) is 25.2. The van der Waals surface area contributed by atoms with Crippen molar-refractivity contribution in [3.63, 3.8) is 0 Å². The molecule has 1 aliphatic heterocycles. The van der Waals surface area contributed by atoms with Crippen LogP contribution in [-0.2, 0) is 17.6 Å². The molecule has 0 saturated heterocycles. The highest BCUT2D eigenvalue weighted by atomic mass is 35.5. The number of rotatable bonds is 5. The Hall–Kier alpha value is -2.89. The van der Waals surface area contributed by atoms with Gasteiger partial charge < -0.3 is 20.7 Å². The summed E-state index contributed by atoms with van der Waals surface area (Å²) < 4.78 is 5.32. The molecule has 0 atom stereocenters. The van der Waals surface area contributed by atoms with Gasteiger partial charge >= 0.3 is 6.09 Å². The fourth-order valence-corrected chi connectivity index (χ4v) is 4.64. The summed E-state index contributed by atoms with van der Waals surface area (Å²) in [6.45, 7) is 8.35. The number of benzene rings is 3. The van der Waals surface area contributed by atoms with Crippen molar-refractivity contribution >= 4 is 46.4 Å². The largest absolute Gasteiger partial charge is 0.444 e. The van der Waals surface area contributed by atoms with Crippen LogP contribution in [0.1, 0.15) is 37.5 Å². The van der Waals surface area contributed by atoms with Gasteiger partial charge in [0.05, 0.1) is 16.4 Å². The van der Waals surface area contributed by atoms with Crippen molar-refractivity contribution in [1.29, 1.82) is 0 Å². The number of hydrogen-bond acceptors (Lipinski definition) is 4. The van der Waals surface area contributed by atoms with E-state index in [0.717, 1.165) is 52.2 Å². The van der Waals surface area contributed by atoms with E-state index in [-0.39, 0.29) is 0 Å². The van der Waals surface area contributed by atoms with Gasteiger partial charge in [0, 0.05) is 29.4 Å². The highest BCUT2D eigenvalue weighted by Crippen LogP contribution is 2.45. The molecule has 0 aromatic heterocycles. The van der Waals surface area contributed by atoms with Gasteiger partial charge in [-0.15, -0.1) is 0 Å². The Kier molecular flexibility index (Phi) is 7.48. The third-order valence-corrected chi connectivity index (χ3v) is 6.65. The number of ether oxygens (including phenoxy) is 1. The van der Waals surface area contributed by atoms with Crippen LogP contribution in [0.2, 0.25) is 10.0 Å². The molecule has 7 heteroatoms. The average molecular weight is 512 g/mol. The zero-order valence-corrected chi connectivity index (χ0v) is 22.0. The van der Waals surface area contributed by atoms with Gasteiger partial charge in [0.1, 0.15) is 5.60 Å². The second kappa shape index (κ2) is 10.4. The van der Waals surface area contributed by atoms with E-state index in [0.29, 0.717) is 23.1 Å². The number of hydrogen-bond donors (Lipinski definition) is 3. The fourth-order valence-electron chi connectivity index (χ4n) is 4.13. The maximum Gasteiger partial charge on any atom is 0.407 e. The van der Waals surface area contributed by atoms with E-state index in [2.05, 4.69) is 46.3 Å². The first-order valence-electron chi connectivity index (χ1n) is 11.8. The van der Waals surface area contributed by atoms with Gasteiger partial charge in [-0.1, -0.05) is 53.5 Å². The quantitative estimate of drug-likeness (QED) is 0.306. The van der Waals surface area contributed by atoms with E-state index in [1.807, 2.05) is 45.9 Å². The van der Waals surface area contributed by atoms with Crippen LogP contribution in [0.4, 0.5) is 21.9 Å². The van der Waals surface area contributed by atoms with Crippen LogP contribution >= 0.6 is 23.2 Å². The predicted octanol–water partition coefficient (Wildman–Crippen LogP) is 7.75. The molecular formula is C28H31Cl2N3O2. The van der Waals surface area contributed by atoms with Crippen molar-refractivity contribution in [2.45, 2.75) is 46.1 Å². The summed E-state index contributed by atoms with van der Waals surface area (Å²) in [6.07, 6.45) is 1.34. The number of fused-ring (bicyclic) bond motifs is 2. The van der Waals surface area contributed by atoms with Gasteiger partial charge in [0.15, 0.2) is 0 Å². The van der Waals surface area contributed by atoms with Crippen molar-refractivity contribution in [1.82, 2.24) is 5.32 Å². The third-order valence-electron chi connectivity index (χ3n) is 5.87. The zero-order valence-electron chi connectivity index (χ0n) is 20.5. The highest BCUT2D eigenvalue weighted by molar-refractivity contribution is 6.37. The maximum absolute atomic E-state index is 12.0. The third kappa shape index (κ3) is 6.03. The summed E-state index contributed by atoms with van der Waals surface area (Å²) in [4.78, 5) is 12.0. The van der Waals surface area contributed by atoms with Gasteiger partial charge in [-0.3, -0.25) is 0 Å². The first-order chi connectivity index (χ1) is 16.6. The lowest BCUT2D eigenvalue weighted by Gasteiger charge is -2.22. The molecule has 35 heavy (non-hydrogen) atoms. The second-order valence-corrected chi connectivity index (χ2v) is 10.5. The molecule has 184 valence electrons. The summed E-state index contributed by atoms with van der Waals surface area (Å²) in [5, 5.41) is 11.1. The molecule has 3 aromatic carbocycles. The lowest BCUT2D eigenvalue weighted by Crippen LogP contribution is -2.35. The Labute approximate surface area is 217 Å². The second-order valence-electron chi connectivity index (χ2n) is 9.75. The van der Waals surface area contributed by atoms with Crippen LogP contribution in [-0.4, -0.2) is 24.8 Å². The molecule has 1 amide bonds. The Morgan fingerprint density at radius 1 is 1.03 bits per heavy atom. The topological polar surface area (TPSA) is 62.4 Å². The summed E-state index contributed by atoms with van der Waals surface area (Å²) in [5.41, 5.74) is 7.60. The fraction of sp³-hybridized carbons (Fsp3) is 0.321. The molecule has 0 fully saturated rings. The molecule has 0 saturated carbocycles. The van der Waals surface area contributed by atoms with E-state index >= 15 is 0 Å². The SMILES string of the molecule is Cc1ccc(-c2cc3c(c(Cl)c2NCCNC(=O)OC(C)(C)C)Nc2ccccc2CC3)cc1Cl. The van der Waals surface area contributed by atoms with Crippen LogP contribution in [0.3, 0.4) is 0 Å². The van der Waals surface area contributed by atoms with Crippen LogP contribution in [0.5, 0.6) is 0 Å². The molecule has 0 aliphatic carbocycles. The van der Waals surface area contributed by atoms with Gasteiger partial charge in [-0.25, -0.2) is 4.79 Å². The molecule has 1 aliphatic rings. The van der Waals surface area contributed by atoms with Crippen molar-refractivity contribution in [3.05, 3.63) is 75.3 Å². The summed E-state index contributed by atoms with van der Waals surface area (Å²) >= 11 is 13.5. The smallest absolute Gasteiger partial charge is 0.407 e. The predicted molar refractivity (Wildman–Crippen MR) is 146 cm³/mol. The van der Waals surface area contributed by atoms with Crippen LogP contribution in [0.15, 0.2) is 48.5 Å². The van der Waals surface area contributed by atoms with Crippen molar-refractivity contribution in [2.75, 3.05) is 23.7 Å². The van der Waals surface area contributed by atoms with E-state index in [1.165, 1.54) is 5.56 Å². The molecule has 3 aromatic rings. The van der Waals surface area contributed by atoms with Gasteiger partial charge in [-0.05, 0) is 81.0 Å². The molecule has 0 spiro atoms. The number of alkyl carbamates (subject to hydrolysis) is 1. The molecule has 1 heterocycles. The van der Waals surface area contributed by atoms with Crippen LogP contribution < -0.4 is 16.0 Å². The van der Waals surface area contributed by atoms with E-state index in [9.17, 15) is 4.79 Å². The summed E-state index contributed by atoms with van der Waals surface area (Å²) in [6, 6.07) is 16.5. The van der Waals surface area contributed by atoms with Gasteiger partial charge in [0.25, 0.3) is 0 Å². The summed E-state index contributed by atoms with van der Waals surface area (Å²) in [5.74, 6) is 0. The Bertz CT molecular complexity index is 1250. The molecule has 0 bridgehead atoms. The lowest BCUT2D eigenvalue weighted by atomic mass is 9.96. The van der Waals surface area contributed by atoms with Crippen LogP contribution in [0, 0.1) is 6.92 Å². The van der Waals surface area contributed by atoms with Crippen LogP contribution in [0.25, 0.3) is 11.1 Å². The first-order valence-corrected chi connectivity index (χ1v) is 12.6. The maximum atomic E-state index is 12.0. The first kappa shape index (κ1) is 25.2. The van der Waals surface area contributed by atoms with E-state index < -0.39 is 11.7 Å². The number of anilines is 3. The van der Waals surface area contributed by atoms with Gasteiger partial charge in [0.2, 0.25) is 0 Å². The number of nitrogens with one attached hydrogen (secondary N) is 3. The normalized spacial score (nSPS) is 12.6. The van der Waals surface area contributed by atoms with Gasteiger partial charge in [-0.2, -0.15) is 0 Å².